The van der Waals surface area contributed by atoms with Gasteiger partial charge in [-0.15, -0.1) is 0 Å². The highest BCUT2D eigenvalue weighted by atomic mass is 32.2. The number of hydrogen-bond donors (Lipinski definition) is 2. The van der Waals surface area contributed by atoms with E-state index in [0.717, 1.165) is 25.7 Å². The van der Waals surface area contributed by atoms with Crippen molar-refractivity contribution in [1.29, 1.82) is 0 Å². The monoisotopic (exact) mass is 215 g/mol. The van der Waals surface area contributed by atoms with Crippen LogP contribution in [0.2, 0.25) is 0 Å². The number of hydrogen-bond acceptors (Lipinski definition) is 3. The first kappa shape index (κ1) is 10.3. The van der Waals surface area contributed by atoms with Crippen molar-refractivity contribution in [1.82, 2.24) is 5.32 Å². The molecule has 2 aliphatic rings. The van der Waals surface area contributed by atoms with Crippen LogP contribution in [0.25, 0.3) is 0 Å². The maximum absolute atomic E-state index is 11.1. The molecule has 2 fully saturated rings. The Morgan fingerprint density at radius 1 is 1.29 bits per heavy atom. The van der Waals surface area contributed by atoms with Crippen molar-refractivity contribution in [2.75, 3.05) is 11.5 Å². The average Bonchev–Trinajstić information content (AvgIpc) is 2.47. The van der Waals surface area contributed by atoms with Crippen molar-refractivity contribution in [3.05, 3.63) is 0 Å². The van der Waals surface area contributed by atoms with Crippen LogP contribution in [0.5, 0.6) is 0 Å². The molecule has 0 aromatic rings. The molecule has 14 heavy (non-hydrogen) atoms. The summed E-state index contributed by atoms with van der Waals surface area (Å²) in [6.45, 7) is 1.81. The first-order valence-electron chi connectivity index (χ1n) is 5.17. The Balaban J connectivity index is 2.09. The van der Waals surface area contributed by atoms with Gasteiger partial charge in [0, 0.05) is 5.54 Å². The van der Waals surface area contributed by atoms with Gasteiger partial charge in [0.05, 0.1) is 0 Å². The predicted molar refractivity (Wildman–Crippen MR) is 57.7 cm³/mol. The normalized spacial score (nSPS) is 36.1. The van der Waals surface area contributed by atoms with E-state index in [2.05, 4.69) is 5.32 Å². The lowest BCUT2D eigenvalue weighted by molar-refractivity contribution is -0.143. The Labute approximate surface area is 88.6 Å². The number of nitrogens with one attached hydrogen (secondary N) is 1. The third-order valence-electron chi connectivity index (χ3n) is 3.57. The lowest BCUT2D eigenvalue weighted by atomic mass is 9.91. The molecule has 2 heterocycles. The quantitative estimate of drug-likeness (QED) is 0.695. The van der Waals surface area contributed by atoms with Gasteiger partial charge < -0.3 is 5.11 Å². The number of thioether (sulfide) groups is 1. The van der Waals surface area contributed by atoms with Crippen molar-refractivity contribution >= 4 is 17.7 Å². The maximum atomic E-state index is 11.1. The van der Waals surface area contributed by atoms with Crippen LogP contribution < -0.4 is 5.32 Å². The topological polar surface area (TPSA) is 49.3 Å². The van der Waals surface area contributed by atoms with Crippen molar-refractivity contribution in [3.8, 4) is 0 Å². The summed E-state index contributed by atoms with van der Waals surface area (Å²) >= 11 is 1.98. The van der Waals surface area contributed by atoms with Gasteiger partial charge in [0.25, 0.3) is 0 Å². The van der Waals surface area contributed by atoms with Gasteiger partial charge in [0.1, 0.15) is 5.54 Å². The van der Waals surface area contributed by atoms with Crippen LogP contribution in [0, 0.1) is 0 Å². The molecular formula is C10H17NO2S. The summed E-state index contributed by atoms with van der Waals surface area (Å²) in [5.41, 5.74) is -0.541. The number of carboxylic acid groups (broad SMARTS) is 1. The number of aliphatic carboxylic acids is 1. The fraction of sp³-hybridized carbons (Fsp3) is 0.900. The summed E-state index contributed by atoms with van der Waals surface area (Å²) in [7, 11) is 0. The van der Waals surface area contributed by atoms with Gasteiger partial charge in [-0.2, -0.15) is 11.8 Å². The smallest absolute Gasteiger partial charge is 0.323 e. The molecule has 4 heteroatoms. The molecule has 0 aliphatic carbocycles. The number of carboxylic acids is 1. The third kappa shape index (κ3) is 1.65. The highest BCUT2D eigenvalue weighted by molar-refractivity contribution is 7.99. The van der Waals surface area contributed by atoms with Crippen LogP contribution in [0.15, 0.2) is 0 Å². The molecule has 1 unspecified atom stereocenters. The summed E-state index contributed by atoms with van der Waals surface area (Å²) in [6, 6.07) is 0. The minimum Gasteiger partial charge on any atom is -0.480 e. The Bertz CT molecular complexity index is 251. The molecule has 80 valence electrons. The first-order chi connectivity index (χ1) is 6.56. The highest BCUT2D eigenvalue weighted by Gasteiger charge is 2.49. The van der Waals surface area contributed by atoms with Crippen molar-refractivity contribution in [2.24, 2.45) is 0 Å². The van der Waals surface area contributed by atoms with E-state index in [4.69, 9.17) is 5.11 Å². The molecule has 1 atom stereocenters. The van der Waals surface area contributed by atoms with Gasteiger partial charge in [-0.1, -0.05) is 0 Å². The van der Waals surface area contributed by atoms with E-state index in [-0.39, 0.29) is 5.54 Å². The van der Waals surface area contributed by atoms with Crippen LogP contribution in [0.3, 0.4) is 0 Å². The minimum absolute atomic E-state index is 0.137. The first-order valence-corrected chi connectivity index (χ1v) is 6.32. The predicted octanol–water partition coefficient (Wildman–Crippen LogP) is 1.48. The van der Waals surface area contributed by atoms with E-state index >= 15 is 0 Å². The standard InChI is InChI=1S/C10H17NO2S/c1-9(8(12)13)2-3-10(11-9)4-6-14-7-5-10/h11H,2-7H2,1H3,(H,12,13). The Morgan fingerprint density at radius 2 is 1.93 bits per heavy atom. The van der Waals surface area contributed by atoms with Crippen molar-refractivity contribution in [3.63, 3.8) is 0 Å². The highest BCUT2D eigenvalue weighted by Crippen LogP contribution is 2.39. The molecular weight excluding hydrogens is 198 g/mol. The van der Waals surface area contributed by atoms with Crippen molar-refractivity contribution in [2.45, 2.75) is 43.7 Å². The number of carbonyl (C=O) groups is 1. The van der Waals surface area contributed by atoms with E-state index in [1.165, 1.54) is 11.5 Å². The number of rotatable bonds is 1. The van der Waals surface area contributed by atoms with Gasteiger partial charge in [-0.05, 0) is 44.1 Å². The molecule has 0 aromatic heterocycles. The van der Waals surface area contributed by atoms with Gasteiger partial charge in [-0.25, -0.2) is 0 Å². The van der Waals surface area contributed by atoms with E-state index < -0.39 is 11.5 Å². The van der Waals surface area contributed by atoms with Gasteiger partial charge in [0.15, 0.2) is 0 Å². The second kappa shape index (κ2) is 3.42. The molecule has 3 nitrogen and oxygen atoms in total. The van der Waals surface area contributed by atoms with Crippen LogP contribution in [0.1, 0.15) is 32.6 Å². The Morgan fingerprint density at radius 3 is 2.43 bits per heavy atom. The fourth-order valence-corrected chi connectivity index (χ4v) is 3.77. The molecule has 0 radical (unpaired) electrons. The molecule has 2 N–H and O–H groups in total. The zero-order valence-corrected chi connectivity index (χ0v) is 9.32. The molecule has 2 saturated heterocycles. The summed E-state index contributed by atoms with van der Waals surface area (Å²) in [6.07, 6.45) is 4.05. The SMILES string of the molecule is CC1(C(=O)O)CCC2(CCSCC2)N1. The molecule has 2 aliphatic heterocycles. The maximum Gasteiger partial charge on any atom is 0.323 e. The fourth-order valence-electron chi connectivity index (χ4n) is 2.50. The van der Waals surface area contributed by atoms with E-state index in [0.29, 0.717) is 0 Å². The van der Waals surface area contributed by atoms with Gasteiger partial charge >= 0.3 is 5.97 Å². The van der Waals surface area contributed by atoms with Crippen LogP contribution in [-0.2, 0) is 4.79 Å². The Hall–Kier alpha value is -0.220. The van der Waals surface area contributed by atoms with E-state index in [1.807, 2.05) is 18.7 Å². The van der Waals surface area contributed by atoms with E-state index in [1.54, 1.807) is 0 Å². The molecule has 2 rings (SSSR count). The molecule has 0 bridgehead atoms. The minimum atomic E-state index is -0.701. The third-order valence-corrected chi connectivity index (χ3v) is 4.55. The summed E-state index contributed by atoms with van der Waals surface area (Å²) in [4.78, 5) is 11.1. The van der Waals surface area contributed by atoms with Gasteiger partial charge in [-0.3, -0.25) is 10.1 Å². The lowest BCUT2D eigenvalue weighted by Gasteiger charge is -2.35. The molecule has 0 amide bonds. The average molecular weight is 215 g/mol. The Kier molecular flexibility index (Phi) is 2.52. The largest absolute Gasteiger partial charge is 0.480 e. The van der Waals surface area contributed by atoms with Crippen LogP contribution in [-0.4, -0.2) is 33.7 Å². The summed E-state index contributed by atoms with van der Waals surface area (Å²) < 4.78 is 0. The molecule has 1 spiro atoms. The summed E-state index contributed by atoms with van der Waals surface area (Å²) in [5, 5.41) is 12.5. The second-order valence-electron chi connectivity index (χ2n) is 4.65. The van der Waals surface area contributed by atoms with Crippen molar-refractivity contribution < 1.29 is 9.90 Å². The van der Waals surface area contributed by atoms with Crippen LogP contribution >= 0.6 is 11.8 Å². The molecule has 0 saturated carbocycles. The lowest BCUT2D eigenvalue weighted by Crippen LogP contribution is -2.54. The zero-order valence-electron chi connectivity index (χ0n) is 8.51. The van der Waals surface area contributed by atoms with Crippen LogP contribution in [0.4, 0.5) is 0 Å². The summed E-state index contributed by atoms with van der Waals surface area (Å²) in [5.74, 6) is 1.64. The second-order valence-corrected chi connectivity index (χ2v) is 5.88. The van der Waals surface area contributed by atoms with E-state index in [9.17, 15) is 4.79 Å². The zero-order chi connectivity index (χ0) is 10.2. The molecule has 0 aromatic carbocycles. The van der Waals surface area contributed by atoms with Gasteiger partial charge in [0.2, 0.25) is 0 Å².